The second-order valence-electron chi connectivity index (χ2n) is 4.15. The standard InChI is InChI=1S/C13H12F3N3OS/c14-13(15,16)8-18-11(20)7-21-12-17-6-10(19-12)9-4-2-1-3-5-9/h1-6H,7-8H2,(H,17,19)(H,18,20). The van der Waals surface area contributed by atoms with Crippen LogP contribution in [0.25, 0.3) is 11.3 Å². The molecule has 0 saturated heterocycles. The van der Waals surface area contributed by atoms with E-state index in [2.05, 4.69) is 9.97 Å². The maximum atomic E-state index is 11.9. The van der Waals surface area contributed by atoms with Crippen molar-refractivity contribution in [1.82, 2.24) is 15.3 Å². The van der Waals surface area contributed by atoms with E-state index in [-0.39, 0.29) is 5.75 Å². The van der Waals surface area contributed by atoms with E-state index < -0.39 is 18.6 Å². The number of hydrogen-bond donors (Lipinski definition) is 2. The zero-order valence-electron chi connectivity index (χ0n) is 10.8. The molecule has 0 aliphatic heterocycles. The first kappa shape index (κ1) is 15.4. The van der Waals surface area contributed by atoms with E-state index in [1.165, 1.54) is 0 Å². The first-order valence-corrected chi connectivity index (χ1v) is 6.99. The van der Waals surface area contributed by atoms with Gasteiger partial charge in [0.1, 0.15) is 6.54 Å². The van der Waals surface area contributed by atoms with Crippen LogP contribution in [0.5, 0.6) is 0 Å². The molecule has 2 N–H and O–H groups in total. The number of hydrogen-bond acceptors (Lipinski definition) is 3. The maximum Gasteiger partial charge on any atom is 0.405 e. The molecule has 1 aromatic heterocycles. The highest BCUT2D eigenvalue weighted by atomic mass is 32.2. The highest BCUT2D eigenvalue weighted by Crippen LogP contribution is 2.21. The van der Waals surface area contributed by atoms with Crippen molar-refractivity contribution in [3.63, 3.8) is 0 Å². The Balaban J connectivity index is 1.85. The summed E-state index contributed by atoms with van der Waals surface area (Å²) in [5.41, 5.74) is 1.73. The summed E-state index contributed by atoms with van der Waals surface area (Å²) in [6, 6.07) is 9.46. The third-order valence-electron chi connectivity index (χ3n) is 2.46. The van der Waals surface area contributed by atoms with Gasteiger partial charge in [0.15, 0.2) is 5.16 Å². The van der Waals surface area contributed by atoms with Gasteiger partial charge in [-0.2, -0.15) is 13.2 Å². The molecule has 0 fully saturated rings. The van der Waals surface area contributed by atoms with Crippen molar-refractivity contribution in [3.05, 3.63) is 36.5 Å². The van der Waals surface area contributed by atoms with E-state index in [0.29, 0.717) is 5.16 Å². The number of benzene rings is 1. The molecule has 0 aliphatic carbocycles. The van der Waals surface area contributed by atoms with Crippen molar-refractivity contribution < 1.29 is 18.0 Å². The Hall–Kier alpha value is -1.96. The van der Waals surface area contributed by atoms with Gasteiger partial charge in [-0.15, -0.1) is 0 Å². The molecule has 0 saturated carbocycles. The van der Waals surface area contributed by atoms with Crippen LogP contribution in [0.15, 0.2) is 41.7 Å². The molecule has 0 aliphatic rings. The summed E-state index contributed by atoms with van der Waals surface area (Å²) in [7, 11) is 0. The molecule has 2 rings (SSSR count). The predicted octanol–water partition coefficient (Wildman–Crippen LogP) is 2.85. The van der Waals surface area contributed by atoms with Gasteiger partial charge in [0, 0.05) is 0 Å². The molecule has 0 atom stereocenters. The molecule has 8 heteroatoms. The highest BCUT2D eigenvalue weighted by molar-refractivity contribution is 7.99. The Kier molecular flexibility index (Phi) is 4.89. The van der Waals surface area contributed by atoms with Crippen LogP contribution < -0.4 is 5.32 Å². The second-order valence-corrected chi connectivity index (χ2v) is 5.11. The summed E-state index contributed by atoms with van der Waals surface area (Å²) in [6.45, 7) is -1.32. The quantitative estimate of drug-likeness (QED) is 0.834. The lowest BCUT2D eigenvalue weighted by molar-refractivity contribution is -0.136. The molecule has 112 valence electrons. The number of H-pyrrole nitrogens is 1. The Morgan fingerprint density at radius 2 is 2.00 bits per heavy atom. The molecule has 2 aromatic rings. The first-order valence-electron chi connectivity index (χ1n) is 6.01. The van der Waals surface area contributed by atoms with E-state index in [4.69, 9.17) is 0 Å². The zero-order chi connectivity index (χ0) is 15.3. The fourth-order valence-corrected chi connectivity index (χ4v) is 2.20. The summed E-state index contributed by atoms with van der Waals surface area (Å²) < 4.78 is 35.8. The van der Waals surface area contributed by atoms with Gasteiger partial charge in [0.25, 0.3) is 0 Å². The van der Waals surface area contributed by atoms with E-state index in [1.807, 2.05) is 30.3 Å². The molecular formula is C13H12F3N3OS. The number of aromatic amines is 1. The molecule has 4 nitrogen and oxygen atoms in total. The summed E-state index contributed by atoms with van der Waals surface area (Å²) in [5.74, 6) is -0.812. The summed E-state index contributed by atoms with van der Waals surface area (Å²) in [5, 5.41) is 2.29. The number of carbonyl (C=O) groups is 1. The number of nitrogens with one attached hydrogen (secondary N) is 2. The van der Waals surface area contributed by atoms with Crippen LogP contribution in [-0.2, 0) is 4.79 Å². The van der Waals surface area contributed by atoms with Crippen LogP contribution in [0.4, 0.5) is 13.2 Å². The van der Waals surface area contributed by atoms with Gasteiger partial charge in [0.05, 0.1) is 17.6 Å². The van der Waals surface area contributed by atoms with Gasteiger partial charge >= 0.3 is 6.18 Å². The van der Waals surface area contributed by atoms with Crippen molar-refractivity contribution in [1.29, 1.82) is 0 Å². The van der Waals surface area contributed by atoms with Crippen LogP contribution in [0.2, 0.25) is 0 Å². The minimum atomic E-state index is -4.40. The summed E-state index contributed by atoms with van der Waals surface area (Å²) in [4.78, 5) is 18.4. The van der Waals surface area contributed by atoms with Gasteiger partial charge in [0.2, 0.25) is 5.91 Å². The van der Waals surface area contributed by atoms with E-state index in [9.17, 15) is 18.0 Å². The minimum absolute atomic E-state index is 0.127. The molecule has 0 spiro atoms. The Morgan fingerprint density at radius 1 is 1.29 bits per heavy atom. The number of thioether (sulfide) groups is 1. The highest BCUT2D eigenvalue weighted by Gasteiger charge is 2.27. The third-order valence-corrected chi connectivity index (χ3v) is 3.35. The number of imidazole rings is 1. The molecular weight excluding hydrogens is 303 g/mol. The van der Waals surface area contributed by atoms with Gasteiger partial charge in [-0.05, 0) is 5.56 Å². The lowest BCUT2D eigenvalue weighted by Gasteiger charge is -2.07. The molecule has 0 bridgehead atoms. The molecule has 0 radical (unpaired) electrons. The van der Waals surface area contributed by atoms with Crippen LogP contribution in [-0.4, -0.2) is 34.3 Å². The number of aromatic nitrogens is 2. The molecule has 1 aromatic carbocycles. The largest absolute Gasteiger partial charge is 0.405 e. The Morgan fingerprint density at radius 3 is 2.67 bits per heavy atom. The second kappa shape index (κ2) is 6.66. The van der Waals surface area contributed by atoms with Gasteiger partial charge in [-0.25, -0.2) is 4.98 Å². The average molecular weight is 315 g/mol. The number of amides is 1. The fraction of sp³-hybridized carbons (Fsp3) is 0.231. The van der Waals surface area contributed by atoms with Gasteiger partial charge in [-0.3, -0.25) is 4.79 Å². The van der Waals surface area contributed by atoms with Crippen molar-refractivity contribution >= 4 is 17.7 Å². The third kappa shape index (κ3) is 5.14. The van der Waals surface area contributed by atoms with Crippen molar-refractivity contribution in [2.45, 2.75) is 11.3 Å². The minimum Gasteiger partial charge on any atom is -0.346 e. The maximum absolute atomic E-state index is 11.9. The van der Waals surface area contributed by atoms with Crippen LogP contribution in [0.3, 0.4) is 0 Å². The number of carbonyl (C=O) groups excluding carboxylic acids is 1. The normalized spacial score (nSPS) is 11.4. The molecule has 0 unspecified atom stereocenters. The first-order chi connectivity index (χ1) is 9.94. The Bertz CT molecular complexity index is 598. The number of rotatable bonds is 5. The lowest BCUT2D eigenvalue weighted by Crippen LogP contribution is -2.34. The summed E-state index contributed by atoms with van der Waals surface area (Å²) in [6.07, 6.45) is -2.78. The molecule has 1 amide bonds. The van der Waals surface area contributed by atoms with Gasteiger partial charge in [-0.1, -0.05) is 42.1 Å². The van der Waals surface area contributed by atoms with E-state index >= 15 is 0 Å². The van der Waals surface area contributed by atoms with Crippen LogP contribution in [0.1, 0.15) is 0 Å². The monoisotopic (exact) mass is 315 g/mol. The van der Waals surface area contributed by atoms with Crippen molar-refractivity contribution in [2.75, 3.05) is 12.3 Å². The van der Waals surface area contributed by atoms with E-state index in [1.54, 1.807) is 11.5 Å². The average Bonchev–Trinajstić information content (AvgIpc) is 2.92. The van der Waals surface area contributed by atoms with Crippen LogP contribution in [0, 0.1) is 0 Å². The lowest BCUT2D eigenvalue weighted by atomic mass is 10.2. The smallest absolute Gasteiger partial charge is 0.346 e. The van der Waals surface area contributed by atoms with Crippen molar-refractivity contribution in [3.8, 4) is 11.3 Å². The molecule has 21 heavy (non-hydrogen) atoms. The Labute approximate surface area is 123 Å². The van der Waals surface area contributed by atoms with Crippen LogP contribution >= 0.6 is 11.8 Å². The number of alkyl halides is 3. The number of nitrogens with zero attached hydrogens (tertiary/aromatic N) is 1. The predicted molar refractivity (Wildman–Crippen MR) is 73.8 cm³/mol. The van der Waals surface area contributed by atoms with E-state index in [0.717, 1.165) is 23.0 Å². The number of halogens is 3. The topological polar surface area (TPSA) is 57.8 Å². The fourth-order valence-electron chi connectivity index (χ4n) is 1.52. The van der Waals surface area contributed by atoms with Crippen molar-refractivity contribution in [2.24, 2.45) is 0 Å². The van der Waals surface area contributed by atoms with Gasteiger partial charge < -0.3 is 10.3 Å². The molecule has 1 heterocycles. The SMILES string of the molecule is O=C(CSc1ncc(-c2ccccc2)[nH]1)NCC(F)(F)F. The summed E-state index contributed by atoms with van der Waals surface area (Å²) >= 11 is 1.05. The zero-order valence-corrected chi connectivity index (χ0v) is 11.6.